The van der Waals surface area contributed by atoms with Crippen LogP contribution < -0.4 is 69.5 Å². The van der Waals surface area contributed by atoms with Gasteiger partial charge in [0.1, 0.15) is 84.0 Å². The molecule has 0 aliphatic heterocycles. The Balaban J connectivity index is 2.24. The lowest BCUT2D eigenvalue weighted by molar-refractivity contribution is -0.147. The zero-order valence-corrected chi connectivity index (χ0v) is 54.5. The quantitative estimate of drug-likeness (QED) is 0.0294. The lowest BCUT2D eigenvalue weighted by Gasteiger charge is -2.28. The summed E-state index contributed by atoms with van der Waals surface area (Å²) in [6, 6.07) is -10.3. The van der Waals surface area contributed by atoms with E-state index in [1.165, 1.54) is 62.4 Å². The third-order valence-corrected chi connectivity index (χ3v) is 14.2. The SMILES string of the molecule is CC(C)C[C@H](NC(=O)[C@@H](N)CO)C(=O)N[C@H](C(=O)N[C@@H](Cc1ccc(O)cc1)C(=O)NCC(=O)N[C@@H](C)C(=O)N[C@@H](CO)C(=O)N[C@@H](CC(=O)O)C(=O)N[C@@H](CO)C(=O)N[C@@H](CC(=O)O)C(=O)N[C@H](C(=O)N[C@@H](Cc1ccc(O)cc1)C(=O)N[C@@H](CC(=O)O)C(=O)O)C(C)C)C(C)C. The van der Waals surface area contributed by atoms with Gasteiger partial charge in [-0.25, -0.2) is 4.79 Å². The minimum Gasteiger partial charge on any atom is -0.508 e. The van der Waals surface area contributed by atoms with Crippen LogP contribution in [0.2, 0.25) is 0 Å². The molecule has 0 spiro atoms. The number of carboxylic acids is 4. The van der Waals surface area contributed by atoms with Gasteiger partial charge in [-0.15, -0.1) is 0 Å². The van der Waals surface area contributed by atoms with Gasteiger partial charge in [0, 0.05) is 12.8 Å². The fourth-order valence-corrected chi connectivity index (χ4v) is 8.88. The van der Waals surface area contributed by atoms with E-state index in [0.717, 1.165) is 6.92 Å². The van der Waals surface area contributed by atoms with Crippen LogP contribution in [0.1, 0.15) is 85.3 Å². The summed E-state index contributed by atoms with van der Waals surface area (Å²) in [5, 5.41) is 114. The molecule has 542 valence electrons. The summed E-state index contributed by atoms with van der Waals surface area (Å²) in [6.45, 7) is 6.36. The number of amides is 12. The number of aliphatic carboxylic acids is 4. The van der Waals surface area contributed by atoms with Crippen LogP contribution in [0.25, 0.3) is 0 Å². The van der Waals surface area contributed by atoms with Crippen molar-refractivity contribution in [3.8, 4) is 11.5 Å². The molecule has 98 heavy (non-hydrogen) atoms. The maximum absolute atomic E-state index is 13.9. The van der Waals surface area contributed by atoms with Gasteiger partial charge >= 0.3 is 23.9 Å². The Labute approximate surface area is 560 Å². The van der Waals surface area contributed by atoms with E-state index >= 15 is 0 Å². The molecular weight excluding hydrogens is 1300 g/mol. The van der Waals surface area contributed by atoms with E-state index in [4.69, 9.17) is 5.73 Å². The van der Waals surface area contributed by atoms with E-state index in [1.54, 1.807) is 27.7 Å². The predicted octanol–water partition coefficient (Wildman–Crippen LogP) is -7.48. The molecule has 0 unspecified atom stereocenters. The van der Waals surface area contributed by atoms with Crippen molar-refractivity contribution >= 4 is 94.8 Å². The molecule has 38 heteroatoms. The largest absolute Gasteiger partial charge is 0.508 e. The molecule has 0 aliphatic carbocycles. The summed E-state index contributed by atoms with van der Waals surface area (Å²) in [5.74, 6) is -22.8. The average molecular weight is 1390 g/mol. The van der Waals surface area contributed by atoms with E-state index in [0.29, 0.717) is 5.56 Å². The lowest BCUT2D eigenvalue weighted by Crippen LogP contribution is -2.62. The van der Waals surface area contributed by atoms with Gasteiger partial charge in [-0.1, -0.05) is 65.8 Å². The van der Waals surface area contributed by atoms with Crippen LogP contribution in [0.5, 0.6) is 11.5 Å². The van der Waals surface area contributed by atoms with E-state index in [-0.39, 0.29) is 35.8 Å². The van der Waals surface area contributed by atoms with Gasteiger partial charge in [0.2, 0.25) is 70.9 Å². The smallest absolute Gasteiger partial charge is 0.326 e. The Morgan fingerprint density at radius 2 is 0.694 bits per heavy atom. The zero-order chi connectivity index (χ0) is 74.4. The molecule has 0 heterocycles. The second kappa shape index (κ2) is 40.7. The van der Waals surface area contributed by atoms with Crippen molar-refractivity contribution in [2.75, 3.05) is 26.4 Å². The molecule has 2 aromatic rings. The molecule has 0 saturated carbocycles. The minimum atomic E-state index is -2.19. The van der Waals surface area contributed by atoms with Crippen molar-refractivity contribution < 1.29 is 123 Å². The highest BCUT2D eigenvalue weighted by Crippen LogP contribution is 2.16. The predicted molar refractivity (Wildman–Crippen MR) is 336 cm³/mol. The summed E-state index contributed by atoms with van der Waals surface area (Å²) in [5.41, 5.74) is 6.31. The fourth-order valence-electron chi connectivity index (χ4n) is 8.88. The molecule has 0 aromatic heterocycles. The Hall–Kier alpha value is -10.6. The van der Waals surface area contributed by atoms with Crippen LogP contribution in [-0.4, -0.2) is 240 Å². The number of aromatic hydroxyl groups is 2. The third-order valence-electron chi connectivity index (χ3n) is 14.2. The number of hydrogen-bond acceptors (Lipinski definition) is 22. The van der Waals surface area contributed by atoms with Crippen LogP contribution in [0.15, 0.2) is 48.5 Å². The maximum atomic E-state index is 13.9. The molecule has 12 amide bonds. The van der Waals surface area contributed by atoms with Gasteiger partial charge < -0.3 is 115 Å². The Morgan fingerprint density at radius 3 is 1.07 bits per heavy atom. The Morgan fingerprint density at radius 1 is 0.367 bits per heavy atom. The summed E-state index contributed by atoms with van der Waals surface area (Å²) in [6.07, 6.45) is -4.15. The van der Waals surface area contributed by atoms with Gasteiger partial charge in [-0.05, 0) is 66.5 Å². The molecule has 0 saturated heterocycles. The molecule has 12 atom stereocenters. The Bertz CT molecular complexity index is 3170. The first kappa shape index (κ1) is 83.5. The number of aliphatic hydroxyl groups excluding tert-OH is 3. The highest BCUT2D eigenvalue weighted by Gasteiger charge is 2.38. The number of phenols is 2. The average Bonchev–Trinajstić information content (AvgIpc) is 0.864. The monoisotopic (exact) mass is 1390 g/mol. The fraction of sp³-hybridized carbons (Fsp3) is 0.533. The standard InChI is InChI=1S/C60H87N13O25/c1-26(2)16-35(64-50(87)34(61)23-74)54(91)72-47(27(3)4)58(95)67-36(17-30-8-12-32(77)13-9-30)51(88)62-22-43(79)63-29(7)49(86)70-41(24-75)56(93)65-38(19-44(80)81)53(90)71-42(25-76)57(94)66-39(20-45(82)83)55(92)73-48(28(5)6)59(96)68-37(18-31-10-14-33(78)15-11-31)52(89)69-40(60(97)98)21-46(84)85/h8-15,26-29,34-42,47-48,74-78H,16-25,61H2,1-7H3,(H,62,88)(H,63,79)(H,64,87)(H,65,93)(H,66,94)(H,67,95)(H,68,96)(H,69,89)(H,70,86)(H,71,90)(H,72,91)(H,73,92)(H,80,81)(H,82,83)(H,84,85)(H,97,98)/t29-,34-,35-,36-,37-,38-,39-,40-,41-,42-,47-,48-/m0/s1. The number of hydrogen-bond donors (Lipinski definition) is 22. The summed E-state index contributed by atoms with van der Waals surface area (Å²) in [7, 11) is 0. The Kier molecular flexibility index (Phi) is 34.7. The number of nitrogens with two attached hydrogens (primary N) is 1. The number of nitrogens with one attached hydrogen (secondary N) is 12. The van der Waals surface area contributed by atoms with Crippen molar-refractivity contribution in [2.24, 2.45) is 23.5 Å². The highest BCUT2D eigenvalue weighted by atomic mass is 16.4. The normalized spacial score (nSPS) is 14.8. The number of aliphatic hydroxyl groups is 3. The van der Waals surface area contributed by atoms with Gasteiger partial charge in [0.25, 0.3) is 0 Å². The minimum absolute atomic E-state index is 0.0990. The van der Waals surface area contributed by atoms with E-state index in [9.17, 15) is 123 Å². The molecule has 0 bridgehead atoms. The molecule has 2 aromatic carbocycles. The van der Waals surface area contributed by atoms with Crippen molar-refractivity contribution in [2.45, 2.75) is 159 Å². The van der Waals surface area contributed by atoms with Crippen LogP contribution in [0.3, 0.4) is 0 Å². The highest BCUT2D eigenvalue weighted by molar-refractivity contribution is 6.00. The van der Waals surface area contributed by atoms with Crippen LogP contribution in [0, 0.1) is 17.8 Å². The first-order chi connectivity index (χ1) is 45.8. The van der Waals surface area contributed by atoms with Crippen LogP contribution in [-0.2, 0) is 89.6 Å². The van der Waals surface area contributed by atoms with E-state index in [1.807, 2.05) is 21.3 Å². The number of phenolic OH excluding ortho intramolecular Hbond substituents is 2. The topological polar surface area (TPSA) is 626 Å². The lowest BCUT2D eigenvalue weighted by atomic mass is 9.98. The number of carbonyl (C=O) groups is 16. The first-order valence-electron chi connectivity index (χ1n) is 30.4. The second-order valence-corrected chi connectivity index (χ2v) is 23.6. The van der Waals surface area contributed by atoms with Crippen molar-refractivity contribution in [3.05, 3.63) is 59.7 Å². The van der Waals surface area contributed by atoms with Crippen molar-refractivity contribution in [3.63, 3.8) is 0 Å². The molecule has 0 radical (unpaired) electrons. The van der Waals surface area contributed by atoms with Gasteiger partial charge in [0.15, 0.2) is 0 Å². The molecule has 38 nitrogen and oxygen atoms in total. The van der Waals surface area contributed by atoms with Crippen LogP contribution in [0.4, 0.5) is 0 Å². The summed E-state index contributed by atoms with van der Waals surface area (Å²) >= 11 is 0. The van der Waals surface area contributed by atoms with Gasteiger partial charge in [0.05, 0.1) is 45.6 Å². The number of carbonyl (C=O) groups excluding carboxylic acids is 12. The summed E-state index contributed by atoms with van der Waals surface area (Å²) in [4.78, 5) is 209. The molecule has 23 N–H and O–H groups in total. The first-order valence-corrected chi connectivity index (χ1v) is 30.4. The van der Waals surface area contributed by atoms with E-state index < -0.39 is 231 Å². The van der Waals surface area contributed by atoms with Crippen molar-refractivity contribution in [1.82, 2.24) is 63.8 Å². The molecule has 2 rings (SSSR count). The van der Waals surface area contributed by atoms with Crippen molar-refractivity contribution in [1.29, 1.82) is 0 Å². The maximum Gasteiger partial charge on any atom is 0.326 e. The van der Waals surface area contributed by atoms with Gasteiger partial charge in [-0.2, -0.15) is 0 Å². The third kappa shape index (κ3) is 29.2. The number of carboxylic acid groups (broad SMARTS) is 4. The van der Waals surface area contributed by atoms with Gasteiger partial charge in [-0.3, -0.25) is 71.9 Å². The molecular formula is C60H87N13O25. The van der Waals surface area contributed by atoms with E-state index in [2.05, 4.69) is 42.5 Å². The van der Waals surface area contributed by atoms with Crippen LogP contribution >= 0.6 is 0 Å². The molecule has 0 aliphatic rings. The molecule has 0 fully saturated rings. The zero-order valence-electron chi connectivity index (χ0n) is 54.5. The number of benzene rings is 2. The second-order valence-electron chi connectivity index (χ2n) is 23.6. The summed E-state index contributed by atoms with van der Waals surface area (Å²) < 4.78 is 0. The number of rotatable bonds is 42.